The van der Waals surface area contributed by atoms with Gasteiger partial charge in [-0.15, -0.1) is 0 Å². The van der Waals surface area contributed by atoms with Crippen LogP contribution in [-0.2, 0) is 0 Å². The maximum atomic E-state index is 9.37. The van der Waals surface area contributed by atoms with Crippen molar-refractivity contribution in [2.75, 3.05) is 7.11 Å². The molecule has 0 amide bonds. The number of hydrogen-bond acceptors (Lipinski definition) is 6. The van der Waals surface area contributed by atoms with Crippen LogP contribution in [0.3, 0.4) is 0 Å². The second kappa shape index (κ2) is 12.6. The maximum absolute atomic E-state index is 9.37. The molecule has 4 aromatic heterocycles. The van der Waals surface area contributed by atoms with Gasteiger partial charge in [-0.3, -0.25) is 0 Å². The summed E-state index contributed by atoms with van der Waals surface area (Å²) >= 11 is 16.6. The largest absolute Gasteiger partial charge is 0.643 e. The number of ether oxygens (including phenoxy) is 1. The molecule has 8 nitrogen and oxygen atoms in total. The van der Waals surface area contributed by atoms with Gasteiger partial charge in [-0.05, 0) is 31.9 Å². The molecule has 1 N–H and O–H groups in total. The van der Waals surface area contributed by atoms with E-state index in [1.54, 1.807) is 10.7 Å². The minimum atomic E-state index is -1.72. The minimum Gasteiger partial charge on any atom is -0.505 e. The van der Waals surface area contributed by atoms with Gasteiger partial charge in [-0.2, -0.15) is 20.7 Å². The van der Waals surface area contributed by atoms with Crippen LogP contribution >= 0.6 is 85.2 Å². The standard InChI is InChI=1S/C9H5BrClN3O.C8H3BrClN3O.Al.3ClH/c1-15-6-4-14-9(7(10)8(6)11)5(2-12)3-13-14;9-6-7(10)5(14)3-13-8(6)4(1-11)2-12-13;;;;/h3-4H,1H3;2-3,14H;;3*1H/q;;+3;;;/p-3. The average Bonchev–Trinajstić information content (AvgIpc) is 3.38. The van der Waals surface area contributed by atoms with Crippen molar-refractivity contribution in [2.45, 2.75) is 0 Å². The number of aromatic hydroxyl groups is 1. The van der Waals surface area contributed by atoms with Crippen LogP contribution in [0.25, 0.3) is 11.0 Å². The number of nitriles is 2. The number of aromatic nitrogens is 4. The van der Waals surface area contributed by atoms with Gasteiger partial charge in [0.2, 0.25) is 0 Å². The third kappa shape index (κ3) is 6.52. The van der Waals surface area contributed by atoms with Crippen LogP contribution in [0.5, 0.6) is 11.5 Å². The lowest BCUT2D eigenvalue weighted by atomic mass is 10.3. The number of pyridine rings is 2. The van der Waals surface area contributed by atoms with Crippen LogP contribution in [0.2, 0.25) is 10.0 Å². The van der Waals surface area contributed by atoms with E-state index in [0.29, 0.717) is 41.9 Å². The molecule has 0 unspecified atom stereocenters. The number of fused-ring (bicyclic) bond motifs is 2. The minimum absolute atomic E-state index is 0.0846. The molecular formula is C17H8AlBr2Cl5N6O2. The van der Waals surface area contributed by atoms with Crippen LogP contribution in [0.4, 0.5) is 0 Å². The fraction of sp³-hybridized carbons (Fsp3) is 0.0588. The van der Waals surface area contributed by atoms with E-state index in [-0.39, 0.29) is 10.8 Å². The number of rotatable bonds is 1. The van der Waals surface area contributed by atoms with Gasteiger partial charge < -0.3 is 9.84 Å². The highest BCUT2D eigenvalue weighted by Gasteiger charge is 2.15. The Labute approximate surface area is 231 Å². The summed E-state index contributed by atoms with van der Waals surface area (Å²) in [6.07, 6.45) is 5.87. The first-order valence-electron chi connectivity index (χ1n) is 8.23. The molecule has 170 valence electrons. The van der Waals surface area contributed by atoms with E-state index < -0.39 is 11.4 Å². The van der Waals surface area contributed by atoms with Gasteiger partial charge in [0.25, 0.3) is 0 Å². The normalized spacial score (nSPS) is 9.88. The van der Waals surface area contributed by atoms with Crippen molar-refractivity contribution in [1.29, 1.82) is 10.5 Å². The second-order valence-corrected chi connectivity index (χ2v) is 14.4. The summed E-state index contributed by atoms with van der Waals surface area (Å²) < 4.78 is 9.09. The molecular weight excluding hydrogens is 684 g/mol. The topological polar surface area (TPSA) is 112 Å². The molecule has 0 spiro atoms. The Hall–Kier alpha value is -1.10. The highest BCUT2D eigenvalue weighted by atomic mass is 79.9. The fourth-order valence-electron chi connectivity index (χ4n) is 2.43. The molecule has 0 atom stereocenters. The summed E-state index contributed by atoms with van der Waals surface area (Å²) in [5, 5.41) is 35.6. The smallest absolute Gasteiger partial charge is 0.505 e. The second-order valence-electron chi connectivity index (χ2n) is 5.64. The maximum Gasteiger partial charge on any atom is 0.643 e. The number of hydrogen-bond donors (Lipinski definition) is 1. The van der Waals surface area contributed by atoms with Gasteiger partial charge in [0, 0.05) is 0 Å². The molecule has 0 saturated carbocycles. The first kappa shape index (κ1) is 28.1. The Morgan fingerprint density at radius 1 is 0.939 bits per heavy atom. The zero-order valence-corrected chi connectivity index (χ0v) is 24.2. The zero-order valence-electron chi connectivity index (χ0n) is 16.1. The van der Waals surface area contributed by atoms with Crippen LogP contribution in [0.15, 0.2) is 33.7 Å². The Bertz CT molecular complexity index is 1400. The molecule has 0 saturated heterocycles. The molecule has 4 rings (SSSR count). The number of halogens is 7. The van der Waals surface area contributed by atoms with Crippen molar-refractivity contribution in [1.82, 2.24) is 19.2 Å². The quantitative estimate of drug-likeness (QED) is 0.224. The van der Waals surface area contributed by atoms with Crippen LogP contribution in [0.1, 0.15) is 11.1 Å². The molecule has 4 aromatic rings. The highest BCUT2D eigenvalue weighted by Crippen LogP contribution is 2.36. The van der Waals surface area contributed by atoms with E-state index in [0.717, 1.165) is 0 Å². The summed E-state index contributed by atoms with van der Waals surface area (Å²) in [5.41, 5.74) is 2.06. The van der Waals surface area contributed by atoms with Gasteiger partial charge >= 0.3 is 11.4 Å². The first-order valence-corrected chi connectivity index (χ1v) is 15.8. The van der Waals surface area contributed by atoms with E-state index in [4.69, 9.17) is 68.6 Å². The molecule has 0 aliphatic rings. The Morgan fingerprint density at radius 2 is 1.36 bits per heavy atom. The van der Waals surface area contributed by atoms with Gasteiger partial charge in [-0.25, -0.2) is 39.2 Å². The van der Waals surface area contributed by atoms with Crippen molar-refractivity contribution in [3.63, 3.8) is 0 Å². The van der Waals surface area contributed by atoms with E-state index in [2.05, 4.69) is 42.1 Å². The summed E-state index contributed by atoms with van der Waals surface area (Å²) in [6.45, 7) is 0. The van der Waals surface area contributed by atoms with Gasteiger partial charge in [-0.1, -0.05) is 23.2 Å². The molecule has 0 aromatic carbocycles. The van der Waals surface area contributed by atoms with Crippen molar-refractivity contribution in [3.8, 4) is 23.6 Å². The molecule has 0 aliphatic heterocycles. The lowest BCUT2D eigenvalue weighted by Gasteiger charge is -2.06. The number of methoxy groups -OCH3 is 1. The lowest BCUT2D eigenvalue weighted by molar-refractivity contribution is 0.411. The summed E-state index contributed by atoms with van der Waals surface area (Å²) in [6, 6.07) is 4.03. The monoisotopic (exact) mass is 688 g/mol. The predicted molar refractivity (Wildman–Crippen MR) is 137 cm³/mol. The third-order valence-corrected chi connectivity index (χ3v) is 6.54. The molecule has 0 bridgehead atoms. The molecule has 0 aliphatic carbocycles. The lowest BCUT2D eigenvalue weighted by Crippen LogP contribution is -1.93. The Morgan fingerprint density at radius 3 is 1.79 bits per heavy atom. The predicted octanol–water partition coefficient (Wildman–Crippen LogP) is 6.65. The van der Waals surface area contributed by atoms with E-state index >= 15 is 0 Å². The van der Waals surface area contributed by atoms with Crippen molar-refractivity contribution in [3.05, 3.63) is 54.9 Å². The van der Waals surface area contributed by atoms with Gasteiger partial charge in [0.15, 0.2) is 11.5 Å². The van der Waals surface area contributed by atoms with Crippen LogP contribution in [0, 0.1) is 22.7 Å². The van der Waals surface area contributed by atoms with E-state index in [1.807, 2.05) is 12.1 Å². The fourth-order valence-corrected chi connectivity index (χ4v) is 3.98. The van der Waals surface area contributed by atoms with Gasteiger partial charge in [0.1, 0.15) is 22.2 Å². The Balaban J connectivity index is 0.000000202. The average molecular weight is 692 g/mol. The van der Waals surface area contributed by atoms with E-state index in [9.17, 15) is 5.11 Å². The molecule has 0 radical (unpaired) electrons. The van der Waals surface area contributed by atoms with Gasteiger partial charge in [0.05, 0.1) is 63.0 Å². The third-order valence-electron chi connectivity index (χ3n) is 3.78. The van der Waals surface area contributed by atoms with Crippen molar-refractivity contribution >= 4 is 108 Å². The van der Waals surface area contributed by atoms with E-state index in [1.165, 1.54) is 30.2 Å². The van der Waals surface area contributed by atoms with Crippen LogP contribution < -0.4 is 4.74 Å². The van der Waals surface area contributed by atoms with Crippen molar-refractivity contribution in [2.24, 2.45) is 0 Å². The highest BCUT2D eigenvalue weighted by molar-refractivity contribution is 9.11. The zero-order chi connectivity index (χ0) is 24.9. The summed E-state index contributed by atoms with van der Waals surface area (Å²) in [4.78, 5) is 0. The molecule has 0 fully saturated rings. The molecule has 4 heterocycles. The molecule has 16 heteroatoms. The SMILES string of the molecule is COc1cn2ncc(C#N)c2c(Br)c1Cl.N#Cc1cnn2cc(O)c(Cl)c(Br)c12.[Cl][Al]([Cl])[Cl]. The summed E-state index contributed by atoms with van der Waals surface area (Å²) in [5.74, 6) is 0.419. The first-order chi connectivity index (χ1) is 15.6. The number of nitrogens with zero attached hydrogens (tertiary/aromatic N) is 6. The van der Waals surface area contributed by atoms with Crippen LogP contribution in [-0.4, -0.2) is 42.8 Å². The summed E-state index contributed by atoms with van der Waals surface area (Å²) in [7, 11) is 16.4. The van der Waals surface area contributed by atoms with Crippen molar-refractivity contribution < 1.29 is 9.84 Å². The Kier molecular flexibility index (Phi) is 10.7. The molecule has 33 heavy (non-hydrogen) atoms.